The lowest BCUT2D eigenvalue weighted by molar-refractivity contribution is -0.223. The fourth-order valence-corrected chi connectivity index (χ4v) is 5.08. The molecule has 3 saturated heterocycles. The average Bonchev–Trinajstić information content (AvgIpc) is 2.71. The normalized spacial score (nSPS) is 49.0. The maximum absolute atomic E-state index is 13.1. The Kier molecular flexibility index (Phi) is 2.95. The summed E-state index contributed by atoms with van der Waals surface area (Å²) in [5, 5.41) is 13.2. The number of aliphatic hydroxyl groups is 1. The maximum atomic E-state index is 13.1. The first-order valence-electron chi connectivity index (χ1n) is 8.27. The molecular formula is C17H21NO5. The van der Waals surface area contributed by atoms with Crippen LogP contribution >= 0.6 is 0 Å². The summed E-state index contributed by atoms with van der Waals surface area (Å²) in [6, 6.07) is 0. The number of Topliss-reactive ketones (excluding diaryl/α,β-unsaturated/α-hetero) is 1. The molecule has 3 fully saturated rings. The summed E-state index contributed by atoms with van der Waals surface area (Å²) in [4.78, 5) is 37.9. The molecular weight excluding hydrogens is 298 g/mol. The quantitative estimate of drug-likeness (QED) is 0.634. The number of allylic oxidation sites excluding steroid dienone is 1. The summed E-state index contributed by atoms with van der Waals surface area (Å²) in [6.45, 7) is 3.40. The Bertz CT molecular complexity index is 655. The van der Waals surface area contributed by atoms with Crippen LogP contribution in [-0.2, 0) is 19.1 Å². The molecule has 3 aliphatic heterocycles. The van der Waals surface area contributed by atoms with Crippen molar-refractivity contribution in [2.45, 2.75) is 57.3 Å². The Balaban J connectivity index is 1.97. The molecule has 0 aromatic heterocycles. The zero-order chi connectivity index (χ0) is 16.6. The molecule has 0 radical (unpaired) electrons. The van der Waals surface area contributed by atoms with Gasteiger partial charge >= 0.3 is 0 Å². The molecule has 0 saturated carbocycles. The standard InChI is InChI=1S/C17H21NO5/c1-8-5-11(20)12-4-3-9-6-10(19)7-13-17(9,23-12)16(2,14(8)21)15(22)18-13/h7-9,11-12,20H,3-6H2,1-2H3,(H,18,22). The van der Waals surface area contributed by atoms with Gasteiger partial charge in [0, 0.05) is 24.3 Å². The van der Waals surface area contributed by atoms with E-state index in [0.29, 0.717) is 25.0 Å². The van der Waals surface area contributed by atoms with Crippen LogP contribution in [0.2, 0.25) is 0 Å². The molecule has 23 heavy (non-hydrogen) atoms. The van der Waals surface area contributed by atoms with Crippen molar-refractivity contribution in [3.05, 3.63) is 11.8 Å². The van der Waals surface area contributed by atoms with Gasteiger partial charge in [-0.3, -0.25) is 14.4 Å². The van der Waals surface area contributed by atoms with Crippen molar-refractivity contribution < 1.29 is 24.2 Å². The number of aliphatic hydroxyl groups excluding tert-OH is 1. The average molecular weight is 319 g/mol. The predicted molar refractivity (Wildman–Crippen MR) is 79.1 cm³/mol. The summed E-state index contributed by atoms with van der Waals surface area (Å²) < 4.78 is 6.28. The number of rotatable bonds is 0. The van der Waals surface area contributed by atoms with Gasteiger partial charge in [0.2, 0.25) is 5.91 Å². The Morgan fingerprint density at radius 2 is 2.04 bits per heavy atom. The first-order valence-corrected chi connectivity index (χ1v) is 8.27. The lowest BCUT2D eigenvalue weighted by Gasteiger charge is -2.54. The molecule has 6 atom stereocenters. The van der Waals surface area contributed by atoms with Crippen LogP contribution in [0.4, 0.5) is 0 Å². The minimum atomic E-state index is -1.34. The van der Waals surface area contributed by atoms with E-state index in [1.165, 1.54) is 6.08 Å². The molecule has 6 heteroatoms. The maximum Gasteiger partial charge on any atom is 0.241 e. The van der Waals surface area contributed by atoms with Crippen LogP contribution in [0.1, 0.15) is 39.5 Å². The van der Waals surface area contributed by atoms with Crippen molar-refractivity contribution in [3.8, 4) is 0 Å². The number of carbonyl (C=O) groups is 3. The fourth-order valence-electron chi connectivity index (χ4n) is 5.08. The van der Waals surface area contributed by atoms with E-state index in [-0.39, 0.29) is 23.9 Å². The molecule has 1 spiro atoms. The number of hydrogen-bond acceptors (Lipinski definition) is 5. The topological polar surface area (TPSA) is 92.7 Å². The van der Waals surface area contributed by atoms with Crippen molar-refractivity contribution in [2.75, 3.05) is 0 Å². The summed E-state index contributed by atoms with van der Waals surface area (Å²) in [5.74, 6) is -1.30. The largest absolute Gasteiger partial charge is 0.390 e. The number of ketones is 2. The number of amides is 1. The first kappa shape index (κ1) is 15.0. The number of carbonyl (C=O) groups excluding carboxylic acids is 3. The molecule has 6 nitrogen and oxygen atoms in total. The molecule has 1 aliphatic carbocycles. The highest BCUT2D eigenvalue weighted by molar-refractivity contribution is 6.13. The molecule has 3 heterocycles. The van der Waals surface area contributed by atoms with E-state index < -0.39 is 35.0 Å². The summed E-state index contributed by atoms with van der Waals surface area (Å²) in [6.07, 6.45) is 2.14. The van der Waals surface area contributed by atoms with Crippen LogP contribution in [0.3, 0.4) is 0 Å². The van der Waals surface area contributed by atoms with Gasteiger partial charge < -0.3 is 15.2 Å². The number of fused-ring (bicyclic) bond motifs is 1. The Morgan fingerprint density at radius 3 is 2.78 bits per heavy atom. The zero-order valence-electron chi connectivity index (χ0n) is 13.3. The van der Waals surface area contributed by atoms with Gasteiger partial charge in [-0.1, -0.05) is 6.92 Å². The van der Waals surface area contributed by atoms with Crippen LogP contribution in [0, 0.1) is 17.3 Å². The highest BCUT2D eigenvalue weighted by Crippen LogP contribution is 2.59. The van der Waals surface area contributed by atoms with Crippen molar-refractivity contribution in [3.63, 3.8) is 0 Å². The van der Waals surface area contributed by atoms with Gasteiger partial charge in [-0.15, -0.1) is 0 Å². The van der Waals surface area contributed by atoms with E-state index >= 15 is 0 Å². The third kappa shape index (κ3) is 1.63. The smallest absolute Gasteiger partial charge is 0.241 e. The molecule has 0 aromatic carbocycles. The lowest BCUT2D eigenvalue weighted by Crippen LogP contribution is -2.65. The molecule has 2 bridgehead atoms. The molecule has 6 unspecified atom stereocenters. The van der Waals surface area contributed by atoms with Gasteiger partial charge in [0.05, 0.1) is 17.9 Å². The number of ether oxygens (including phenoxy) is 1. The first-order chi connectivity index (χ1) is 10.8. The van der Waals surface area contributed by atoms with Crippen molar-refractivity contribution >= 4 is 17.5 Å². The summed E-state index contributed by atoms with van der Waals surface area (Å²) in [7, 11) is 0. The van der Waals surface area contributed by atoms with Crippen molar-refractivity contribution in [2.24, 2.45) is 17.3 Å². The van der Waals surface area contributed by atoms with Gasteiger partial charge in [-0.2, -0.15) is 0 Å². The Labute approximate surface area is 134 Å². The van der Waals surface area contributed by atoms with E-state index in [1.807, 2.05) is 0 Å². The van der Waals surface area contributed by atoms with Crippen LogP contribution in [0.5, 0.6) is 0 Å². The van der Waals surface area contributed by atoms with E-state index in [9.17, 15) is 19.5 Å². The van der Waals surface area contributed by atoms with Gasteiger partial charge in [0.15, 0.2) is 11.6 Å². The van der Waals surface area contributed by atoms with Gasteiger partial charge in [0.1, 0.15) is 11.0 Å². The summed E-state index contributed by atoms with van der Waals surface area (Å²) >= 11 is 0. The third-order valence-corrected chi connectivity index (χ3v) is 6.27. The molecule has 4 aliphatic rings. The van der Waals surface area contributed by atoms with E-state index in [1.54, 1.807) is 13.8 Å². The monoisotopic (exact) mass is 319 g/mol. The van der Waals surface area contributed by atoms with Gasteiger partial charge in [-0.05, 0) is 26.2 Å². The zero-order valence-corrected chi connectivity index (χ0v) is 13.3. The molecule has 0 aromatic rings. The fraction of sp³-hybridized carbons (Fsp3) is 0.706. The van der Waals surface area contributed by atoms with E-state index in [0.717, 1.165) is 0 Å². The molecule has 4 rings (SSSR count). The molecule has 2 N–H and O–H groups in total. The van der Waals surface area contributed by atoms with Crippen molar-refractivity contribution in [1.29, 1.82) is 0 Å². The second kappa shape index (κ2) is 4.51. The van der Waals surface area contributed by atoms with Crippen LogP contribution in [-0.4, -0.2) is 40.4 Å². The van der Waals surface area contributed by atoms with Gasteiger partial charge in [-0.25, -0.2) is 0 Å². The Hall–Kier alpha value is -1.53. The SMILES string of the molecule is CC1CC(O)C2CCC3CC(=O)C=C4NC(=O)C(C)(C1=O)C43O2. The summed E-state index contributed by atoms with van der Waals surface area (Å²) in [5.41, 5.74) is -2.07. The second-order valence-electron chi connectivity index (χ2n) is 7.54. The van der Waals surface area contributed by atoms with Crippen LogP contribution in [0.15, 0.2) is 11.8 Å². The number of nitrogens with one attached hydrogen (secondary N) is 1. The third-order valence-electron chi connectivity index (χ3n) is 6.27. The highest BCUT2D eigenvalue weighted by Gasteiger charge is 2.72. The predicted octanol–water partition coefficient (Wildman–Crippen LogP) is 0.483. The molecule has 1 amide bonds. The van der Waals surface area contributed by atoms with E-state index in [4.69, 9.17) is 4.74 Å². The minimum absolute atomic E-state index is 0.0506. The minimum Gasteiger partial charge on any atom is -0.390 e. The van der Waals surface area contributed by atoms with Crippen LogP contribution < -0.4 is 5.32 Å². The highest BCUT2D eigenvalue weighted by atomic mass is 16.5. The van der Waals surface area contributed by atoms with E-state index in [2.05, 4.69) is 5.32 Å². The Morgan fingerprint density at radius 1 is 1.30 bits per heavy atom. The lowest BCUT2D eigenvalue weighted by atomic mass is 9.57. The van der Waals surface area contributed by atoms with Crippen molar-refractivity contribution in [1.82, 2.24) is 5.32 Å². The number of hydrogen-bond donors (Lipinski definition) is 2. The van der Waals surface area contributed by atoms with Gasteiger partial charge in [0.25, 0.3) is 0 Å². The second-order valence-corrected chi connectivity index (χ2v) is 7.54. The van der Waals surface area contributed by atoms with Crippen LogP contribution in [0.25, 0.3) is 0 Å². The molecule has 124 valence electrons.